The monoisotopic (exact) mass is 288 g/mol. The van der Waals surface area contributed by atoms with Crippen molar-refractivity contribution in [3.8, 4) is 0 Å². The van der Waals surface area contributed by atoms with Crippen molar-refractivity contribution in [3.05, 3.63) is 0 Å². The fourth-order valence-electron chi connectivity index (χ4n) is 2.04. The molecule has 0 heterocycles. The van der Waals surface area contributed by atoms with E-state index in [0.29, 0.717) is 5.75 Å². The topological polar surface area (TPSA) is 55.1 Å². The van der Waals surface area contributed by atoms with Gasteiger partial charge in [-0.3, -0.25) is 4.79 Å². The number of nitrogens with one attached hydrogen (secondary N) is 1. The standard InChI is InChI=1S/C15H32N2OS/c1-2-3-4-5-6-7-8-9-10-11-12-17-15(18)14(16)13-19/h14,19H,2-13,16H2,1H3,(H,17,18). The molecule has 3 nitrogen and oxygen atoms in total. The summed E-state index contributed by atoms with van der Waals surface area (Å²) in [7, 11) is 0. The summed E-state index contributed by atoms with van der Waals surface area (Å²) >= 11 is 4.00. The Balaban J connectivity index is 3.13. The number of unbranched alkanes of at least 4 members (excludes halogenated alkanes) is 9. The van der Waals surface area contributed by atoms with Crippen LogP contribution in [0.2, 0.25) is 0 Å². The lowest BCUT2D eigenvalue weighted by Crippen LogP contribution is -2.42. The zero-order valence-corrected chi connectivity index (χ0v) is 13.4. The highest BCUT2D eigenvalue weighted by Gasteiger charge is 2.09. The van der Waals surface area contributed by atoms with Gasteiger partial charge in [0.05, 0.1) is 6.04 Å². The third kappa shape index (κ3) is 12.6. The third-order valence-corrected chi connectivity index (χ3v) is 3.76. The summed E-state index contributed by atoms with van der Waals surface area (Å²) in [6.07, 6.45) is 13.1. The van der Waals surface area contributed by atoms with E-state index in [2.05, 4.69) is 24.9 Å². The number of carbonyl (C=O) groups excluding carboxylic acids is 1. The molecule has 4 heteroatoms. The van der Waals surface area contributed by atoms with Crippen molar-refractivity contribution in [3.63, 3.8) is 0 Å². The van der Waals surface area contributed by atoms with E-state index < -0.39 is 6.04 Å². The highest BCUT2D eigenvalue weighted by Crippen LogP contribution is 2.10. The van der Waals surface area contributed by atoms with E-state index in [0.717, 1.165) is 13.0 Å². The second kappa shape index (κ2) is 14.2. The maximum atomic E-state index is 11.3. The summed E-state index contributed by atoms with van der Waals surface area (Å²) in [4.78, 5) is 11.3. The molecule has 3 N–H and O–H groups in total. The van der Waals surface area contributed by atoms with Crippen LogP contribution in [-0.2, 0) is 4.79 Å². The Morgan fingerprint density at radius 3 is 1.95 bits per heavy atom. The van der Waals surface area contributed by atoms with Crippen LogP contribution in [0.3, 0.4) is 0 Å². The zero-order chi connectivity index (χ0) is 14.3. The molecule has 0 aliphatic rings. The number of amides is 1. The predicted octanol–water partition coefficient (Wildman–Crippen LogP) is 3.28. The van der Waals surface area contributed by atoms with E-state index >= 15 is 0 Å². The van der Waals surface area contributed by atoms with Crippen LogP contribution in [0.4, 0.5) is 0 Å². The molecular formula is C15H32N2OS. The Morgan fingerprint density at radius 1 is 1.00 bits per heavy atom. The van der Waals surface area contributed by atoms with E-state index in [9.17, 15) is 4.79 Å². The van der Waals surface area contributed by atoms with Crippen molar-refractivity contribution in [1.82, 2.24) is 5.32 Å². The molecular weight excluding hydrogens is 256 g/mol. The molecule has 0 radical (unpaired) electrons. The van der Waals surface area contributed by atoms with Crippen LogP contribution >= 0.6 is 12.6 Å². The highest BCUT2D eigenvalue weighted by molar-refractivity contribution is 7.80. The molecule has 1 amide bonds. The minimum absolute atomic E-state index is 0.0778. The molecule has 0 saturated heterocycles. The van der Waals surface area contributed by atoms with Gasteiger partial charge in [-0.25, -0.2) is 0 Å². The molecule has 0 bridgehead atoms. The van der Waals surface area contributed by atoms with Crippen LogP contribution in [-0.4, -0.2) is 24.2 Å². The second-order valence-electron chi connectivity index (χ2n) is 5.26. The number of thiol groups is 1. The largest absolute Gasteiger partial charge is 0.355 e. The van der Waals surface area contributed by atoms with Gasteiger partial charge >= 0.3 is 0 Å². The average Bonchev–Trinajstić information content (AvgIpc) is 2.43. The lowest BCUT2D eigenvalue weighted by Gasteiger charge is -2.09. The first kappa shape index (κ1) is 18.8. The molecule has 0 aliphatic carbocycles. The molecule has 1 atom stereocenters. The molecule has 0 fully saturated rings. The molecule has 0 aromatic rings. The molecule has 114 valence electrons. The smallest absolute Gasteiger partial charge is 0.237 e. The normalized spacial score (nSPS) is 12.4. The van der Waals surface area contributed by atoms with Crippen molar-refractivity contribution in [1.29, 1.82) is 0 Å². The van der Waals surface area contributed by atoms with E-state index in [1.54, 1.807) is 0 Å². The fraction of sp³-hybridized carbons (Fsp3) is 0.933. The van der Waals surface area contributed by atoms with Crippen LogP contribution in [0.25, 0.3) is 0 Å². The summed E-state index contributed by atoms with van der Waals surface area (Å²) in [6.45, 7) is 3.00. The highest BCUT2D eigenvalue weighted by atomic mass is 32.1. The summed E-state index contributed by atoms with van der Waals surface area (Å²) in [5, 5.41) is 2.85. The first-order valence-corrected chi connectivity index (χ1v) is 8.49. The van der Waals surface area contributed by atoms with Crippen molar-refractivity contribution >= 4 is 18.5 Å². The molecule has 0 saturated carbocycles. The first-order chi connectivity index (χ1) is 9.22. The molecule has 0 aromatic heterocycles. The average molecular weight is 289 g/mol. The van der Waals surface area contributed by atoms with E-state index in [4.69, 9.17) is 5.73 Å². The summed E-state index contributed by atoms with van der Waals surface area (Å²) in [5.41, 5.74) is 5.56. The predicted molar refractivity (Wildman–Crippen MR) is 86.7 cm³/mol. The maximum absolute atomic E-state index is 11.3. The number of carbonyl (C=O) groups is 1. The van der Waals surface area contributed by atoms with Crippen LogP contribution in [0.1, 0.15) is 71.1 Å². The molecule has 0 aliphatic heterocycles. The lowest BCUT2D eigenvalue weighted by atomic mass is 10.1. The Kier molecular flexibility index (Phi) is 14.0. The Labute approximate surface area is 124 Å². The Bertz CT molecular complexity index is 212. The lowest BCUT2D eigenvalue weighted by molar-refractivity contribution is -0.121. The van der Waals surface area contributed by atoms with Gasteiger partial charge in [0, 0.05) is 12.3 Å². The number of hydrogen-bond acceptors (Lipinski definition) is 3. The zero-order valence-electron chi connectivity index (χ0n) is 12.5. The van der Waals surface area contributed by atoms with Gasteiger partial charge in [0.2, 0.25) is 5.91 Å². The molecule has 19 heavy (non-hydrogen) atoms. The van der Waals surface area contributed by atoms with Gasteiger partial charge in [-0.05, 0) is 6.42 Å². The van der Waals surface area contributed by atoms with Gasteiger partial charge in [0.1, 0.15) is 0 Å². The molecule has 0 aromatic carbocycles. The summed E-state index contributed by atoms with van der Waals surface area (Å²) < 4.78 is 0. The minimum atomic E-state index is -0.466. The number of nitrogens with two attached hydrogens (primary N) is 1. The van der Waals surface area contributed by atoms with Crippen molar-refractivity contribution in [2.24, 2.45) is 5.73 Å². The van der Waals surface area contributed by atoms with Crippen LogP contribution < -0.4 is 11.1 Å². The summed E-state index contributed by atoms with van der Waals surface area (Å²) in [5.74, 6) is 0.329. The molecule has 0 rings (SSSR count). The van der Waals surface area contributed by atoms with Gasteiger partial charge < -0.3 is 11.1 Å². The van der Waals surface area contributed by atoms with Gasteiger partial charge in [0.25, 0.3) is 0 Å². The maximum Gasteiger partial charge on any atom is 0.237 e. The van der Waals surface area contributed by atoms with Crippen LogP contribution in [0, 0.1) is 0 Å². The molecule has 1 unspecified atom stereocenters. The fourth-order valence-corrected chi connectivity index (χ4v) is 2.20. The van der Waals surface area contributed by atoms with Gasteiger partial charge in [0.15, 0.2) is 0 Å². The number of rotatable bonds is 13. The van der Waals surface area contributed by atoms with Crippen LogP contribution in [0.5, 0.6) is 0 Å². The van der Waals surface area contributed by atoms with Gasteiger partial charge in [-0.15, -0.1) is 0 Å². The van der Waals surface area contributed by atoms with Crippen molar-refractivity contribution in [2.45, 2.75) is 77.2 Å². The van der Waals surface area contributed by atoms with Gasteiger partial charge in [-0.1, -0.05) is 64.7 Å². The molecule has 0 spiro atoms. The Morgan fingerprint density at radius 2 is 1.47 bits per heavy atom. The summed E-state index contributed by atoms with van der Waals surface area (Å²) in [6, 6.07) is -0.466. The third-order valence-electron chi connectivity index (χ3n) is 3.36. The van der Waals surface area contributed by atoms with Crippen molar-refractivity contribution < 1.29 is 4.79 Å². The van der Waals surface area contributed by atoms with Crippen molar-refractivity contribution in [2.75, 3.05) is 12.3 Å². The second-order valence-corrected chi connectivity index (χ2v) is 5.63. The van der Waals surface area contributed by atoms with E-state index in [-0.39, 0.29) is 5.91 Å². The first-order valence-electron chi connectivity index (χ1n) is 7.86. The Hall–Kier alpha value is -0.220. The van der Waals surface area contributed by atoms with Crippen LogP contribution in [0.15, 0.2) is 0 Å². The SMILES string of the molecule is CCCCCCCCCCCCNC(=O)C(N)CS. The van der Waals surface area contributed by atoms with E-state index in [1.165, 1.54) is 57.8 Å². The van der Waals surface area contributed by atoms with Gasteiger partial charge in [-0.2, -0.15) is 12.6 Å². The van der Waals surface area contributed by atoms with E-state index in [1.807, 2.05) is 0 Å². The quantitative estimate of drug-likeness (QED) is 0.360. The number of hydrogen-bond donors (Lipinski definition) is 3. The minimum Gasteiger partial charge on any atom is -0.355 e.